The van der Waals surface area contributed by atoms with Gasteiger partial charge in [-0.05, 0) is 17.5 Å². The van der Waals surface area contributed by atoms with Crippen LogP contribution < -0.4 is 5.43 Å². The van der Waals surface area contributed by atoms with Gasteiger partial charge in [0.05, 0.1) is 5.02 Å². The summed E-state index contributed by atoms with van der Waals surface area (Å²) < 4.78 is 0. The third kappa shape index (κ3) is 1.89. The number of nitrogens with zero attached hydrogens (tertiary/aromatic N) is 2. The number of carbonyl (C=O) groups is 1. The minimum Gasteiger partial charge on any atom is -0.287 e. The Kier molecular flexibility index (Phi) is 2.91. The summed E-state index contributed by atoms with van der Waals surface area (Å²) in [5.74, 6) is 0.332. The summed E-state index contributed by atoms with van der Waals surface area (Å²) in [5, 5.41) is 6.68. The van der Waals surface area contributed by atoms with Gasteiger partial charge in [0.15, 0.2) is 5.82 Å². The van der Waals surface area contributed by atoms with Gasteiger partial charge in [-0.1, -0.05) is 48.0 Å². The molecule has 1 N–H and O–H groups in total. The van der Waals surface area contributed by atoms with Crippen LogP contribution in [0.15, 0.2) is 59.8 Å². The number of aromatic nitrogens is 1. The highest BCUT2D eigenvalue weighted by molar-refractivity contribution is 6.59. The number of nitrogens with one attached hydrogen (secondary N) is 1. The lowest BCUT2D eigenvalue weighted by atomic mass is 10.1. The van der Waals surface area contributed by atoms with Gasteiger partial charge in [0.2, 0.25) is 5.78 Å². The molecule has 0 spiro atoms. The summed E-state index contributed by atoms with van der Waals surface area (Å²) in [6.07, 6.45) is 1.61. The Hall–Kier alpha value is -2.72. The number of ketones is 1. The van der Waals surface area contributed by atoms with E-state index in [1.54, 1.807) is 18.3 Å². The van der Waals surface area contributed by atoms with Crippen molar-refractivity contribution in [2.75, 3.05) is 5.43 Å². The van der Waals surface area contributed by atoms with E-state index in [4.69, 9.17) is 11.6 Å². The van der Waals surface area contributed by atoms with Crippen LogP contribution in [0.5, 0.6) is 0 Å². The van der Waals surface area contributed by atoms with Gasteiger partial charge in [-0.2, -0.15) is 5.10 Å². The summed E-state index contributed by atoms with van der Waals surface area (Å²) in [6, 6.07) is 14.9. The van der Waals surface area contributed by atoms with Crippen LogP contribution in [0.2, 0.25) is 5.02 Å². The molecule has 4 nitrogen and oxygen atoms in total. The van der Waals surface area contributed by atoms with Crippen molar-refractivity contribution >= 4 is 39.7 Å². The van der Waals surface area contributed by atoms with Gasteiger partial charge in [0.25, 0.3) is 0 Å². The van der Waals surface area contributed by atoms with Crippen LogP contribution in [0, 0.1) is 0 Å². The van der Waals surface area contributed by atoms with Gasteiger partial charge in [0.1, 0.15) is 5.71 Å². The molecule has 0 radical (unpaired) electrons. The lowest BCUT2D eigenvalue weighted by Crippen LogP contribution is -2.11. The second-order valence-electron chi connectivity index (χ2n) is 4.94. The predicted octanol–water partition coefficient (Wildman–Crippen LogP) is 3.90. The van der Waals surface area contributed by atoms with E-state index >= 15 is 0 Å². The number of hydrogen-bond acceptors (Lipinski definition) is 4. The normalized spacial score (nSPS) is 14.8. The van der Waals surface area contributed by atoms with Crippen molar-refractivity contribution in [1.82, 2.24) is 4.98 Å². The number of Topliss-reactive ketones (excluding diaryl/α,β-unsaturated/α-hetero) is 1. The molecule has 5 heteroatoms. The number of halogens is 1. The molecule has 0 bridgehead atoms. The summed E-state index contributed by atoms with van der Waals surface area (Å²) in [5.41, 5.74) is 4.68. The van der Waals surface area contributed by atoms with Crippen LogP contribution in [0.1, 0.15) is 15.9 Å². The van der Waals surface area contributed by atoms with Gasteiger partial charge in [-0.25, -0.2) is 4.98 Å². The van der Waals surface area contributed by atoms with Gasteiger partial charge < -0.3 is 0 Å². The summed E-state index contributed by atoms with van der Waals surface area (Å²) in [4.78, 5) is 16.7. The van der Waals surface area contributed by atoms with Gasteiger partial charge in [-0.3, -0.25) is 10.2 Å². The molecule has 2 aromatic carbocycles. The van der Waals surface area contributed by atoms with Crippen molar-refractivity contribution in [3.05, 3.63) is 70.9 Å². The van der Waals surface area contributed by atoms with E-state index in [1.165, 1.54) is 0 Å². The average molecular weight is 308 g/mol. The number of pyridine rings is 1. The van der Waals surface area contributed by atoms with E-state index in [-0.39, 0.29) is 5.78 Å². The molecule has 0 fully saturated rings. The molecule has 4 rings (SSSR count). The lowest BCUT2D eigenvalue weighted by molar-refractivity contribution is 0.107. The molecular formula is C17H10ClN3O. The highest BCUT2D eigenvalue weighted by atomic mass is 35.5. The number of anilines is 1. The van der Waals surface area contributed by atoms with E-state index in [1.807, 2.05) is 36.4 Å². The summed E-state index contributed by atoms with van der Waals surface area (Å²) in [6.45, 7) is 0. The molecule has 0 saturated heterocycles. The first kappa shape index (κ1) is 13.0. The van der Waals surface area contributed by atoms with Gasteiger partial charge >= 0.3 is 0 Å². The maximum Gasteiger partial charge on any atom is 0.214 e. The highest BCUT2D eigenvalue weighted by Crippen LogP contribution is 2.31. The number of hydrazone groups is 1. The van der Waals surface area contributed by atoms with Crippen molar-refractivity contribution in [1.29, 1.82) is 0 Å². The number of rotatable bonds is 2. The zero-order valence-electron chi connectivity index (χ0n) is 11.4. The molecule has 106 valence electrons. The Balaban J connectivity index is 1.82. The first-order valence-electron chi connectivity index (χ1n) is 6.77. The van der Waals surface area contributed by atoms with Crippen LogP contribution in [-0.2, 0) is 0 Å². The molecule has 1 aliphatic rings. The maximum absolute atomic E-state index is 12.6. The highest BCUT2D eigenvalue weighted by Gasteiger charge is 2.28. The zero-order chi connectivity index (χ0) is 15.1. The minimum absolute atomic E-state index is 0.0913. The monoisotopic (exact) mass is 307 g/mol. The summed E-state index contributed by atoms with van der Waals surface area (Å²) in [7, 11) is 0. The van der Waals surface area contributed by atoms with E-state index in [0.29, 0.717) is 22.1 Å². The van der Waals surface area contributed by atoms with Crippen molar-refractivity contribution in [3.8, 4) is 0 Å². The largest absolute Gasteiger partial charge is 0.287 e. The molecule has 0 atom stereocenters. The van der Waals surface area contributed by atoms with Crippen molar-refractivity contribution in [2.24, 2.45) is 5.10 Å². The van der Waals surface area contributed by atoms with E-state index in [9.17, 15) is 4.79 Å². The number of hydrogen-bond donors (Lipinski definition) is 1. The van der Waals surface area contributed by atoms with Crippen LogP contribution in [0.3, 0.4) is 0 Å². The molecule has 0 aliphatic heterocycles. The van der Waals surface area contributed by atoms with E-state index in [2.05, 4.69) is 15.5 Å². The number of carbonyl (C=O) groups excluding carboxylic acids is 1. The maximum atomic E-state index is 12.6. The zero-order valence-corrected chi connectivity index (χ0v) is 12.1. The second-order valence-corrected chi connectivity index (χ2v) is 5.35. The molecular weight excluding hydrogens is 298 g/mol. The Bertz CT molecular complexity index is 944. The molecule has 1 heterocycles. The average Bonchev–Trinajstić information content (AvgIpc) is 2.82. The Morgan fingerprint density at radius 1 is 1.00 bits per heavy atom. The second kappa shape index (κ2) is 4.93. The molecule has 3 aromatic rings. The third-order valence-corrected chi connectivity index (χ3v) is 3.96. The van der Waals surface area contributed by atoms with Crippen LogP contribution in [0.25, 0.3) is 10.8 Å². The van der Waals surface area contributed by atoms with E-state index < -0.39 is 0 Å². The molecule has 1 aromatic heterocycles. The Morgan fingerprint density at radius 2 is 1.77 bits per heavy atom. The fourth-order valence-corrected chi connectivity index (χ4v) is 2.83. The molecule has 22 heavy (non-hydrogen) atoms. The smallest absolute Gasteiger partial charge is 0.214 e. The third-order valence-electron chi connectivity index (χ3n) is 3.65. The molecule has 1 aliphatic carbocycles. The standard InChI is InChI=1S/C17H10ClN3O/c18-13-8-3-9-19-17(13)21-20-15-11-6-1-4-10-5-2-7-12(14(10)11)16(15)22/h1-9H,(H,19,21). The lowest BCUT2D eigenvalue weighted by Gasteiger charge is -2.03. The van der Waals surface area contributed by atoms with Crippen LogP contribution in [0.4, 0.5) is 5.82 Å². The molecule has 0 saturated carbocycles. The first-order chi connectivity index (χ1) is 10.8. The summed E-state index contributed by atoms with van der Waals surface area (Å²) >= 11 is 6.04. The molecule has 0 unspecified atom stereocenters. The fraction of sp³-hybridized carbons (Fsp3) is 0. The molecule has 0 amide bonds. The Morgan fingerprint density at radius 3 is 2.55 bits per heavy atom. The van der Waals surface area contributed by atoms with Crippen LogP contribution in [-0.4, -0.2) is 16.5 Å². The quantitative estimate of drug-likeness (QED) is 0.731. The van der Waals surface area contributed by atoms with Gasteiger partial charge in [0, 0.05) is 22.7 Å². The van der Waals surface area contributed by atoms with Crippen molar-refractivity contribution in [2.45, 2.75) is 0 Å². The topological polar surface area (TPSA) is 54.4 Å². The first-order valence-corrected chi connectivity index (χ1v) is 7.14. The van der Waals surface area contributed by atoms with Crippen LogP contribution >= 0.6 is 11.6 Å². The Labute approximate surface area is 131 Å². The van der Waals surface area contributed by atoms with Crippen molar-refractivity contribution < 1.29 is 4.79 Å². The van der Waals surface area contributed by atoms with Crippen molar-refractivity contribution in [3.63, 3.8) is 0 Å². The fourth-order valence-electron chi connectivity index (χ4n) is 2.67. The van der Waals surface area contributed by atoms with E-state index in [0.717, 1.165) is 16.3 Å². The van der Waals surface area contributed by atoms with Gasteiger partial charge in [-0.15, -0.1) is 0 Å². The minimum atomic E-state index is -0.0913. The number of benzene rings is 2. The SMILES string of the molecule is O=C1C(=NNc2ncccc2Cl)c2cccc3cccc1c23. The predicted molar refractivity (Wildman–Crippen MR) is 87.7 cm³/mol.